The van der Waals surface area contributed by atoms with Crippen LogP contribution in [0, 0.1) is 5.82 Å². The molecule has 1 aliphatic rings. The van der Waals surface area contributed by atoms with Crippen molar-refractivity contribution < 1.29 is 14.0 Å². The van der Waals surface area contributed by atoms with E-state index in [9.17, 15) is 18.8 Å². The van der Waals surface area contributed by atoms with Gasteiger partial charge < -0.3 is 5.73 Å². The van der Waals surface area contributed by atoms with E-state index >= 15 is 0 Å². The molecule has 1 aromatic carbocycles. The molecule has 3 aromatic rings. The molecule has 3 heterocycles. The lowest BCUT2D eigenvalue weighted by Crippen LogP contribution is -2.24. The molecule has 1 aliphatic heterocycles. The van der Waals surface area contributed by atoms with E-state index in [2.05, 4.69) is 10.3 Å². The highest BCUT2D eigenvalue weighted by molar-refractivity contribution is 6.23. The number of imide groups is 1. The summed E-state index contributed by atoms with van der Waals surface area (Å²) in [5.41, 5.74) is 6.17. The Morgan fingerprint density at radius 3 is 2.67 bits per heavy atom. The molecule has 0 saturated carbocycles. The smallest absolute Gasteiger partial charge is 0.262 e. The summed E-state index contributed by atoms with van der Waals surface area (Å²) < 4.78 is 14.5. The first-order valence-electron chi connectivity index (χ1n) is 6.92. The number of nitrogens with two attached hydrogens (primary N) is 1. The number of hydrogen-bond acceptors (Lipinski definition) is 5. The number of benzene rings is 1. The van der Waals surface area contributed by atoms with Crippen molar-refractivity contribution in [3.63, 3.8) is 0 Å². The molecule has 3 N–H and O–H groups in total. The number of aromatic nitrogens is 2. The minimum Gasteiger partial charge on any atom is -0.384 e. The number of rotatable bonds is 1. The van der Waals surface area contributed by atoms with E-state index < -0.39 is 23.2 Å². The minimum atomic E-state index is -0.658. The second-order valence-electron chi connectivity index (χ2n) is 5.31. The van der Waals surface area contributed by atoms with Gasteiger partial charge in [-0.2, -0.15) is 0 Å². The van der Waals surface area contributed by atoms with Gasteiger partial charge in [0.1, 0.15) is 11.6 Å². The van der Waals surface area contributed by atoms with Crippen LogP contribution in [0.15, 0.2) is 41.3 Å². The third-order valence-corrected chi connectivity index (χ3v) is 3.84. The second-order valence-corrected chi connectivity index (χ2v) is 5.31. The van der Waals surface area contributed by atoms with Crippen LogP contribution in [0.25, 0.3) is 16.6 Å². The number of fused-ring (bicyclic) bond motifs is 2. The lowest BCUT2D eigenvalue weighted by molar-refractivity contribution is 0.0880. The van der Waals surface area contributed by atoms with Gasteiger partial charge in [0.05, 0.1) is 28.5 Å². The number of nitrogen functional groups attached to an aromatic ring is 1. The van der Waals surface area contributed by atoms with Crippen molar-refractivity contribution in [1.82, 2.24) is 14.9 Å². The number of amides is 2. The average molecular weight is 324 g/mol. The molecule has 118 valence electrons. The molecule has 0 spiro atoms. The average Bonchev–Trinajstić information content (AvgIpc) is 2.81. The Kier molecular flexibility index (Phi) is 2.77. The topological polar surface area (TPSA) is 107 Å². The van der Waals surface area contributed by atoms with Crippen LogP contribution in [0.4, 0.5) is 10.2 Å². The summed E-state index contributed by atoms with van der Waals surface area (Å²) in [6.07, 6.45) is 1.09. The predicted octanol–water partition coefficient (Wildman–Crippen LogP) is 0.991. The molecule has 0 aliphatic carbocycles. The number of nitrogens with zero attached hydrogens (tertiary/aromatic N) is 2. The Hall–Kier alpha value is -3.55. The summed E-state index contributed by atoms with van der Waals surface area (Å²) in [4.78, 5) is 39.8. The van der Waals surface area contributed by atoms with Crippen LogP contribution < -0.4 is 16.6 Å². The highest BCUT2D eigenvalue weighted by Crippen LogP contribution is 2.24. The zero-order valence-electron chi connectivity index (χ0n) is 12.0. The summed E-state index contributed by atoms with van der Waals surface area (Å²) in [5.74, 6) is -1.98. The molecule has 0 unspecified atom stereocenters. The lowest BCUT2D eigenvalue weighted by Gasteiger charge is -2.12. The highest BCUT2D eigenvalue weighted by Gasteiger charge is 2.31. The lowest BCUT2D eigenvalue weighted by atomic mass is 10.1. The van der Waals surface area contributed by atoms with Gasteiger partial charge in [-0.25, -0.2) is 4.39 Å². The van der Waals surface area contributed by atoms with Crippen LogP contribution in [0.3, 0.4) is 0 Å². The zero-order chi connectivity index (χ0) is 17.0. The van der Waals surface area contributed by atoms with Crippen molar-refractivity contribution in [2.75, 3.05) is 5.73 Å². The second kappa shape index (κ2) is 4.72. The summed E-state index contributed by atoms with van der Waals surface area (Å²) in [7, 11) is 0. The molecule has 0 radical (unpaired) electrons. The molecular weight excluding hydrogens is 315 g/mol. The number of carbonyl (C=O) groups excluding carboxylic acids is 2. The van der Waals surface area contributed by atoms with Crippen LogP contribution >= 0.6 is 0 Å². The molecule has 4 rings (SSSR count). The Morgan fingerprint density at radius 2 is 1.88 bits per heavy atom. The maximum atomic E-state index is 13.4. The zero-order valence-corrected chi connectivity index (χ0v) is 12.0. The van der Waals surface area contributed by atoms with Gasteiger partial charge in [0, 0.05) is 11.5 Å². The van der Waals surface area contributed by atoms with Crippen molar-refractivity contribution in [1.29, 1.82) is 0 Å². The van der Waals surface area contributed by atoms with E-state index in [1.165, 1.54) is 12.1 Å². The van der Waals surface area contributed by atoms with E-state index in [0.29, 0.717) is 16.6 Å². The van der Waals surface area contributed by atoms with Gasteiger partial charge in [-0.15, -0.1) is 0 Å². The maximum Gasteiger partial charge on any atom is 0.262 e. The SMILES string of the molecule is Nc1c2c(cc(=O)n1-c1ccc3ncc(F)cc3c1)C(=O)NC2=O. The minimum absolute atomic E-state index is 0.0444. The van der Waals surface area contributed by atoms with Crippen LogP contribution in [-0.4, -0.2) is 21.4 Å². The fraction of sp³-hybridized carbons (Fsp3) is 0. The van der Waals surface area contributed by atoms with E-state index in [0.717, 1.165) is 16.8 Å². The Bertz CT molecular complexity index is 1120. The van der Waals surface area contributed by atoms with E-state index in [-0.39, 0.29) is 16.9 Å². The Morgan fingerprint density at radius 1 is 1.08 bits per heavy atom. The first-order valence-corrected chi connectivity index (χ1v) is 6.92. The van der Waals surface area contributed by atoms with Gasteiger partial charge in [-0.3, -0.25) is 29.3 Å². The summed E-state index contributed by atoms with van der Waals surface area (Å²) in [6.45, 7) is 0. The van der Waals surface area contributed by atoms with Crippen molar-refractivity contribution in [3.05, 3.63) is 63.8 Å². The van der Waals surface area contributed by atoms with E-state index in [4.69, 9.17) is 5.73 Å². The van der Waals surface area contributed by atoms with Crippen molar-refractivity contribution in [2.24, 2.45) is 0 Å². The van der Waals surface area contributed by atoms with Crippen molar-refractivity contribution >= 4 is 28.5 Å². The van der Waals surface area contributed by atoms with Gasteiger partial charge in [-0.05, 0) is 24.3 Å². The van der Waals surface area contributed by atoms with Crippen LogP contribution in [0.5, 0.6) is 0 Å². The molecule has 2 aromatic heterocycles. The third kappa shape index (κ3) is 1.89. The number of carbonyl (C=O) groups is 2. The fourth-order valence-corrected chi connectivity index (χ4v) is 2.78. The largest absolute Gasteiger partial charge is 0.384 e. The molecule has 7 nitrogen and oxygen atoms in total. The van der Waals surface area contributed by atoms with Gasteiger partial charge in [0.15, 0.2) is 0 Å². The molecule has 0 saturated heterocycles. The van der Waals surface area contributed by atoms with Crippen molar-refractivity contribution in [2.45, 2.75) is 0 Å². The molecular formula is C16H9FN4O3. The molecule has 0 atom stereocenters. The number of hydrogen-bond donors (Lipinski definition) is 2. The molecule has 0 bridgehead atoms. The van der Waals surface area contributed by atoms with Crippen LogP contribution in [0.2, 0.25) is 0 Å². The monoisotopic (exact) mass is 324 g/mol. The summed E-state index contributed by atoms with van der Waals surface area (Å²) >= 11 is 0. The van der Waals surface area contributed by atoms with Crippen LogP contribution in [0.1, 0.15) is 20.7 Å². The maximum absolute atomic E-state index is 13.4. The highest BCUT2D eigenvalue weighted by atomic mass is 19.1. The number of halogens is 1. The summed E-state index contributed by atoms with van der Waals surface area (Å²) in [6, 6.07) is 7.04. The number of anilines is 1. The van der Waals surface area contributed by atoms with E-state index in [1.54, 1.807) is 12.1 Å². The van der Waals surface area contributed by atoms with Gasteiger partial charge >= 0.3 is 0 Å². The van der Waals surface area contributed by atoms with Gasteiger partial charge in [-0.1, -0.05) is 0 Å². The number of nitrogens with one attached hydrogen (secondary N) is 1. The quantitative estimate of drug-likeness (QED) is 0.649. The molecule has 24 heavy (non-hydrogen) atoms. The first kappa shape index (κ1) is 14.1. The molecule has 8 heteroatoms. The normalized spacial score (nSPS) is 13.2. The summed E-state index contributed by atoms with van der Waals surface area (Å²) in [5, 5.41) is 2.57. The van der Waals surface area contributed by atoms with E-state index in [1.807, 2.05) is 0 Å². The van der Waals surface area contributed by atoms with Crippen LogP contribution in [-0.2, 0) is 0 Å². The third-order valence-electron chi connectivity index (χ3n) is 3.84. The number of pyridine rings is 2. The standard InChI is InChI=1S/C16H9FN4O3/c17-8-3-7-4-9(1-2-11(7)19-6-8)21-12(22)5-10-13(14(21)18)16(24)20-15(10)23/h1-6H,18H2,(H,20,23,24). The van der Waals surface area contributed by atoms with Gasteiger partial charge in [0.25, 0.3) is 17.4 Å². The Labute approximate surface area is 133 Å². The predicted molar refractivity (Wildman–Crippen MR) is 83.5 cm³/mol. The molecule has 0 fully saturated rings. The Balaban J connectivity index is 2.01. The fourth-order valence-electron chi connectivity index (χ4n) is 2.78. The van der Waals surface area contributed by atoms with Gasteiger partial charge in [0.2, 0.25) is 0 Å². The molecule has 2 amide bonds. The van der Waals surface area contributed by atoms with Crippen molar-refractivity contribution in [3.8, 4) is 5.69 Å². The first-order chi connectivity index (χ1) is 11.5.